The molecule has 1 aliphatic carbocycles. The number of aromatic nitrogens is 3. The minimum absolute atomic E-state index is 0.0778. The van der Waals surface area contributed by atoms with Crippen molar-refractivity contribution < 1.29 is 19.1 Å². The van der Waals surface area contributed by atoms with E-state index in [1.54, 1.807) is 27.1 Å². The topological polar surface area (TPSA) is 106 Å². The number of thiophene rings is 1. The number of nitrogens with one attached hydrogen (secondary N) is 1. The molecule has 0 saturated heterocycles. The van der Waals surface area contributed by atoms with Crippen LogP contribution >= 0.6 is 23.1 Å². The van der Waals surface area contributed by atoms with Crippen LogP contribution in [0.3, 0.4) is 0 Å². The molecule has 1 fully saturated rings. The largest absolute Gasteiger partial charge is 0.465 e. The lowest BCUT2D eigenvalue weighted by Crippen LogP contribution is -2.21. The fraction of sp³-hybridized carbons (Fsp3) is 0.522. The second-order valence-electron chi connectivity index (χ2n) is 8.36. The SMILES string of the molecule is C=CCn1c(SCC(=O)Nc2sc(C(=O)N(C)C)c(C)c2C(=O)OC)nnc1C1CCCCC1. The minimum Gasteiger partial charge on any atom is -0.465 e. The van der Waals surface area contributed by atoms with Crippen molar-refractivity contribution >= 4 is 45.9 Å². The molecule has 0 spiro atoms. The number of nitrogens with zero attached hydrogens (tertiary/aromatic N) is 4. The van der Waals surface area contributed by atoms with Crippen LogP contribution in [0.15, 0.2) is 17.8 Å². The summed E-state index contributed by atoms with van der Waals surface area (Å²) in [6.07, 6.45) is 7.64. The van der Waals surface area contributed by atoms with Gasteiger partial charge in [0, 0.05) is 26.6 Å². The maximum absolute atomic E-state index is 12.8. The van der Waals surface area contributed by atoms with E-state index in [9.17, 15) is 14.4 Å². The number of ether oxygens (including phenoxy) is 1. The lowest BCUT2D eigenvalue weighted by molar-refractivity contribution is -0.113. The number of carbonyl (C=O) groups is 3. The highest BCUT2D eigenvalue weighted by molar-refractivity contribution is 7.99. The second-order valence-corrected chi connectivity index (χ2v) is 10.3. The van der Waals surface area contributed by atoms with Crippen molar-refractivity contribution in [2.45, 2.75) is 56.6 Å². The molecule has 0 radical (unpaired) electrons. The normalized spacial score (nSPS) is 14.0. The molecular formula is C23H31N5O4S2. The lowest BCUT2D eigenvalue weighted by Gasteiger charge is -2.21. The molecule has 34 heavy (non-hydrogen) atoms. The fourth-order valence-electron chi connectivity index (χ4n) is 4.02. The summed E-state index contributed by atoms with van der Waals surface area (Å²) in [7, 11) is 4.54. The van der Waals surface area contributed by atoms with Gasteiger partial charge in [-0.2, -0.15) is 0 Å². The highest BCUT2D eigenvalue weighted by atomic mass is 32.2. The Labute approximate surface area is 207 Å². The molecule has 1 N–H and O–H groups in total. The number of rotatable bonds is 9. The molecule has 0 aromatic carbocycles. The van der Waals surface area contributed by atoms with Crippen LogP contribution in [0.5, 0.6) is 0 Å². The van der Waals surface area contributed by atoms with Crippen molar-refractivity contribution in [3.05, 3.63) is 34.5 Å². The molecule has 1 aliphatic rings. The number of esters is 1. The Kier molecular flexibility index (Phi) is 8.90. The average molecular weight is 506 g/mol. The van der Waals surface area contributed by atoms with Crippen LogP contribution in [0.2, 0.25) is 0 Å². The summed E-state index contributed by atoms with van der Waals surface area (Å²) in [5.74, 6) is 0.263. The van der Waals surface area contributed by atoms with Crippen LogP contribution in [0.4, 0.5) is 5.00 Å². The van der Waals surface area contributed by atoms with Crippen LogP contribution in [0, 0.1) is 6.92 Å². The molecule has 2 amide bonds. The van der Waals surface area contributed by atoms with Gasteiger partial charge in [0.2, 0.25) is 5.91 Å². The molecule has 9 nitrogen and oxygen atoms in total. The second kappa shape index (κ2) is 11.7. The van der Waals surface area contributed by atoms with Gasteiger partial charge in [-0.05, 0) is 25.3 Å². The van der Waals surface area contributed by atoms with Gasteiger partial charge in [-0.1, -0.05) is 37.1 Å². The van der Waals surface area contributed by atoms with Gasteiger partial charge in [0.05, 0.1) is 23.3 Å². The van der Waals surface area contributed by atoms with Crippen molar-refractivity contribution in [1.29, 1.82) is 0 Å². The number of allylic oxidation sites excluding steroid dienone is 1. The Morgan fingerprint density at radius 3 is 2.59 bits per heavy atom. The molecule has 1 saturated carbocycles. The van der Waals surface area contributed by atoms with Crippen molar-refractivity contribution in [3.8, 4) is 0 Å². The fourth-order valence-corrected chi connectivity index (χ4v) is 6.01. The predicted molar refractivity (Wildman–Crippen MR) is 134 cm³/mol. The number of thioether (sulfide) groups is 1. The van der Waals surface area contributed by atoms with E-state index in [1.807, 2.05) is 4.57 Å². The summed E-state index contributed by atoms with van der Waals surface area (Å²) in [4.78, 5) is 39.5. The molecule has 0 bridgehead atoms. The van der Waals surface area contributed by atoms with E-state index in [-0.39, 0.29) is 23.1 Å². The van der Waals surface area contributed by atoms with Crippen LogP contribution < -0.4 is 5.32 Å². The number of hydrogen-bond acceptors (Lipinski definition) is 8. The van der Waals surface area contributed by atoms with E-state index in [1.165, 1.54) is 43.0 Å². The number of anilines is 1. The van der Waals surface area contributed by atoms with Gasteiger partial charge in [-0.3, -0.25) is 9.59 Å². The lowest BCUT2D eigenvalue weighted by atomic mass is 9.89. The van der Waals surface area contributed by atoms with Gasteiger partial charge in [-0.25, -0.2) is 4.79 Å². The van der Waals surface area contributed by atoms with E-state index in [0.29, 0.717) is 33.1 Å². The van der Waals surface area contributed by atoms with Crippen molar-refractivity contribution in [3.63, 3.8) is 0 Å². The molecule has 11 heteroatoms. The zero-order valence-electron chi connectivity index (χ0n) is 20.0. The first-order valence-electron chi connectivity index (χ1n) is 11.2. The number of hydrogen-bond donors (Lipinski definition) is 1. The highest BCUT2D eigenvalue weighted by Gasteiger charge is 2.27. The maximum Gasteiger partial charge on any atom is 0.341 e. The molecule has 0 unspecified atom stereocenters. The van der Waals surface area contributed by atoms with Crippen LogP contribution in [-0.2, 0) is 16.1 Å². The van der Waals surface area contributed by atoms with E-state index in [4.69, 9.17) is 4.74 Å². The van der Waals surface area contributed by atoms with Crippen LogP contribution in [0.1, 0.15) is 69.4 Å². The minimum atomic E-state index is -0.600. The van der Waals surface area contributed by atoms with E-state index >= 15 is 0 Å². The third kappa shape index (κ3) is 5.69. The van der Waals surface area contributed by atoms with E-state index < -0.39 is 5.97 Å². The summed E-state index contributed by atoms with van der Waals surface area (Å²) < 4.78 is 6.91. The van der Waals surface area contributed by atoms with Gasteiger partial charge in [0.1, 0.15) is 10.8 Å². The molecule has 0 atom stereocenters. The Hall–Kier alpha value is -2.66. The van der Waals surface area contributed by atoms with Gasteiger partial charge in [0.15, 0.2) is 5.16 Å². The average Bonchev–Trinajstić information content (AvgIpc) is 3.37. The molecular weight excluding hydrogens is 474 g/mol. The van der Waals surface area contributed by atoms with Crippen LogP contribution in [0.25, 0.3) is 0 Å². The number of methoxy groups -OCH3 is 1. The molecule has 0 aliphatic heterocycles. The van der Waals surface area contributed by atoms with Crippen molar-refractivity contribution in [2.75, 3.05) is 32.3 Å². The third-order valence-electron chi connectivity index (χ3n) is 5.75. The summed E-state index contributed by atoms with van der Waals surface area (Å²) >= 11 is 2.35. The molecule has 184 valence electrons. The number of amides is 2. The third-order valence-corrected chi connectivity index (χ3v) is 7.91. The molecule has 3 rings (SSSR count). The quantitative estimate of drug-likeness (QED) is 0.311. The van der Waals surface area contributed by atoms with Crippen molar-refractivity contribution in [2.24, 2.45) is 0 Å². The standard InChI is InChI=1S/C23H31N5O4S2/c1-6-12-28-19(15-10-8-7-9-11-15)25-26-23(28)33-13-16(29)24-20-17(22(31)32-5)14(2)18(34-20)21(30)27(3)4/h6,15H,1,7-13H2,2-5H3,(H,24,29). The van der Waals surface area contributed by atoms with Gasteiger partial charge in [-0.15, -0.1) is 28.1 Å². The van der Waals surface area contributed by atoms with Gasteiger partial charge >= 0.3 is 5.97 Å². The smallest absolute Gasteiger partial charge is 0.341 e. The van der Waals surface area contributed by atoms with Gasteiger partial charge < -0.3 is 19.5 Å². The van der Waals surface area contributed by atoms with Crippen molar-refractivity contribution in [1.82, 2.24) is 19.7 Å². The molecule has 2 aromatic rings. The first-order valence-corrected chi connectivity index (χ1v) is 13.0. The summed E-state index contributed by atoms with van der Waals surface area (Å²) in [6, 6.07) is 0. The first-order chi connectivity index (χ1) is 16.3. The van der Waals surface area contributed by atoms with Gasteiger partial charge in [0.25, 0.3) is 5.91 Å². The van der Waals surface area contributed by atoms with E-state index in [0.717, 1.165) is 30.0 Å². The Bertz CT molecular complexity index is 1070. The molecule has 2 aromatic heterocycles. The highest BCUT2D eigenvalue weighted by Crippen LogP contribution is 2.35. The predicted octanol–water partition coefficient (Wildman–Crippen LogP) is 4.10. The Morgan fingerprint density at radius 1 is 1.26 bits per heavy atom. The maximum atomic E-state index is 12.8. The molecule has 2 heterocycles. The number of carbonyl (C=O) groups excluding carboxylic acids is 3. The Balaban J connectivity index is 1.76. The van der Waals surface area contributed by atoms with Crippen LogP contribution in [-0.4, -0.2) is 64.4 Å². The van der Waals surface area contributed by atoms with E-state index in [2.05, 4.69) is 22.1 Å². The zero-order chi connectivity index (χ0) is 24.8. The monoisotopic (exact) mass is 505 g/mol. The summed E-state index contributed by atoms with van der Waals surface area (Å²) in [5, 5.41) is 12.5. The Morgan fingerprint density at radius 2 is 1.97 bits per heavy atom. The first kappa shape index (κ1) is 26.0. The zero-order valence-corrected chi connectivity index (χ0v) is 21.7. The summed E-state index contributed by atoms with van der Waals surface area (Å²) in [5.41, 5.74) is 0.687. The summed E-state index contributed by atoms with van der Waals surface area (Å²) in [6.45, 7) is 6.10.